The Bertz CT molecular complexity index is 531. The molecule has 5 heteroatoms. The van der Waals surface area contributed by atoms with Gasteiger partial charge in [0.2, 0.25) is 0 Å². The van der Waals surface area contributed by atoms with E-state index in [0.29, 0.717) is 10.7 Å². The highest BCUT2D eigenvalue weighted by Crippen LogP contribution is 2.20. The molecule has 2 aromatic rings. The number of nitrogens with two attached hydrogens (primary N) is 1. The van der Waals surface area contributed by atoms with E-state index in [9.17, 15) is 4.79 Å². The molecule has 0 saturated carbocycles. The Morgan fingerprint density at radius 1 is 1.25 bits per heavy atom. The van der Waals surface area contributed by atoms with Crippen molar-refractivity contribution < 1.29 is 9.90 Å². The molecule has 0 amide bonds. The van der Waals surface area contributed by atoms with Gasteiger partial charge >= 0.3 is 5.97 Å². The molecule has 3 N–H and O–H groups in total. The molecule has 1 aromatic heterocycles. The fraction of sp³-hybridized carbons (Fsp3) is 0. The van der Waals surface area contributed by atoms with Gasteiger partial charge in [0.1, 0.15) is 0 Å². The van der Waals surface area contributed by atoms with Crippen molar-refractivity contribution in [2.24, 2.45) is 0 Å². The second-order valence-corrected chi connectivity index (χ2v) is 3.71. The molecule has 4 nitrogen and oxygen atoms in total. The van der Waals surface area contributed by atoms with Gasteiger partial charge in [0, 0.05) is 16.9 Å². The topological polar surface area (TPSA) is 68.2 Å². The Morgan fingerprint density at radius 2 is 1.88 bits per heavy atom. The van der Waals surface area contributed by atoms with Crippen molar-refractivity contribution in [1.82, 2.24) is 4.57 Å². The summed E-state index contributed by atoms with van der Waals surface area (Å²) in [5.41, 5.74) is 6.58. The van der Waals surface area contributed by atoms with E-state index in [1.807, 2.05) is 0 Å². The van der Waals surface area contributed by atoms with E-state index in [1.165, 1.54) is 4.57 Å². The van der Waals surface area contributed by atoms with Crippen LogP contribution in [0.5, 0.6) is 0 Å². The molecular formula is C11H9ClN2O2. The highest BCUT2D eigenvalue weighted by atomic mass is 35.5. The minimum atomic E-state index is -1.06. The number of carboxylic acid groups (broad SMARTS) is 1. The fourth-order valence-electron chi connectivity index (χ4n) is 1.49. The van der Waals surface area contributed by atoms with Crippen LogP contribution in [0.1, 0.15) is 10.5 Å². The van der Waals surface area contributed by atoms with Crippen LogP contribution in [0.4, 0.5) is 5.69 Å². The van der Waals surface area contributed by atoms with Crippen molar-refractivity contribution in [2.45, 2.75) is 0 Å². The Balaban J connectivity index is 2.56. The van der Waals surface area contributed by atoms with Crippen LogP contribution in [0.25, 0.3) is 5.69 Å². The number of benzene rings is 1. The quantitative estimate of drug-likeness (QED) is 0.841. The first kappa shape index (κ1) is 10.6. The van der Waals surface area contributed by atoms with Crippen molar-refractivity contribution in [2.75, 3.05) is 5.73 Å². The molecule has 0 unspecified atom stereocenters. The zero-order chi connectivity index (χ0) is 11.7. The van der Waals surface area contributed by atoms with Gasteiger partial charge in [0.25, 0.3) is 0 Å². The second kappa shape index (κ2) is 3.90. The third-order valence-electron chi connectivity index (χ3n) is 2.22. The first-order valence-corrected chi connectivity index (χ1v) is 4.93. The molecule has 0 bridgehead atoms. The van der Waals surface area contributed by atoms with Crippen molar-refractivity contribution in [1.29, 1.82) is 0 Å². The molecule has 0 aliphatic rings. The summed E-state index contributed by atoms with van der Waals surface area (Å²) in [5.74, 6) is -1.06. The summed E-state index contributed by atoms with van der Waals surface area (Å²) in [6.07, 6.45) is 1.61. The van der Waals surface area contributed by atoms with Gasteiger partial charge in [0.05, 0.1) is 5.69 Å². The molecule has 0 aliphatic heterocycles. The van der Waals surface area contributed by atoms with Crippen LogP contribution in [0.2, 0.25) is 5.02 Å². The molecule has 82 valence electrons. The van der Waals surface area contributed by atoms with E-state index < -0.39 is 5.97 Å². The number of aromatic carboxylic acids is 1. The van der Waals surface area contributed by atoms with Crippen LogP contribution >= 0.6 is 11.6 Å². The average Bonchev–Trinajstić information content (AvgIpc) is 2.61. The number of carboxylic acids is 1. The lowest BCUT2D eigenvalue weighted by molar-refractivity contribution is 0.0689. The van der Waals surface area contributed by atoms with Gasteiger partial charge in [-0.05, 0) is 30.3 Å². The van der Waals surface area contributed by atoms with E-state index in [4.69, 9.17) is 22.4 Å². The fourth-order valence-corrected chi connectivity index (χ4v) is 1.62. The first-order chi connectivity index (χ1) is 7.59. The normalized spacial score (nSPS) is 10.3. The summed E-state index contributed by atoms with van der Waals surface area (Å²) < 4.78 is 1.51. The Hall–Kier alpha value is -1.94. The van der Waals surface area contributed by atoms with Crippen LogP contribution in [-0.4, -0.2) is 15.6 Å². The smallest absolute Gasteiger partial charge is 0.355 e. The van der Waals surface area contributed by atoms with Gasteiger partial charge < -0.3 is 15.4 Å². The van der Waals surface area contributed by atoms with Gasteiger partial charge in [0.15, 0.2) is 5.69 Å². The number of anilines is 1. The predicted octanol–water partition coefficient (Wildman–Crippen LogP) is 2.41. The zero-order valence-electron chi connectivity index (χ0n) is 8.22. The number of nitrogen functional groups attached to an aromatic ring is 1. The van der Waals surface area contributed by atoms with E-state index in [-0.39, 0.29) is 11.4 Å². The van der Waals surface area contributed by atoms with Gasteiger partial charge in [-0.3, -0.25) is 0 Å². The maximum Gasteiger partial charge on any atom is 0.355 e. The molecule has 1 heterocycles. The third kappa shape index (κ3) is 1.75. The van der Waals surface area contributed by atoms with Crippen molar-refractivity contribution >= 4 is 23.3 Å². The molecule has 0 radical (unpaired) electrons. The zero-order valence-corrected chi connectivity index (χ0v) is 8.98. The maximum absolute atomic E-state index is 11.0. The minimum Gasteiger partial charge on any atom is -0.476 e. The van der Waals surface area contributed by atoms with Crippen LogP contribution in [0.15, 0.2) is 36.5 Å². The molecule has 0 spiro atoms. The number of aromatic nitrogens is 1. The van der Waals surface area contributed by atoms with E-state index in [1.54, 1.807) is 36.5 Å². The molecule has 0 fully saturated rings. The van der Waals surface area contributed by atoms with Crippen LogP contribution in [0, 0.1) is 0 Å². The van der Waals surface area contributed by atoms with Crippen molar-refractivity contribution in [3.63, 3.8) is 0 Å². The van der Waals surface area contributed by atoms with E-state index in [2.05, 4.69) is 0 Å². The van der Waals surface area contributed by atoms with Crippen molar-refractivity contribution in [3.05, 3.63) is 47.2 Å². The summed E-state index contributed by atoms with van der Waals surface area (Å²) in [6.45, 7) is 0. The molecule has 0 atom stereocenters. The predicted molar refractivity (Wildman–Crippen MR) is 62.2 cm³/mol. The third-order valence-corrected chi connectivity index (χ3v) is 2.48. The summed E-state index contributed by atoms with van der Waals surface area (Å²) in [5, 5.41) is 9.62. The Morgan fingerprint density at radius 3 is 2.44 bits per heavy atom. The van der Waals surface area contributed by atoms with Gasteiger partial charge in [-0.25, -0.2) is 4.79 Å². The summed E-state index contributed by atoms with van der Waals surface area (Å²) in [7, 11) is 0. The molecule has 2 rings (SSSR count). The SMILES string of the molecule is Nc1ccn(-c2ccc(Cl)cc2)c1C(=O)O. The molecule has 1 aromatic carbocycles. The number of carbonyl (C=O) groups is 1. The minimum absolute atomic E-state index is 0.0577. The number of nitrogens with zero attached hydrogens (tertiary/aromatic N) is 1. The number of hydrogen-bond acceptors (Lipinski definition) is 2. The molecule has 16 heavy (non-hydrogen) atoms. The van der Waals surface area contributed by atoms with Crippen LogP contribution in [0.3, 0.4) is 0 Å². The largest absolute Gasteiger partial charge is 0.476 e. The van der Waals surface area contributed by atoms with E-state index >= 15 is 0 Å². The maximum atomic E-state index is 11.0. The van der Waals surface area contributed by atoms with Crippen molar-refractivity contribution in [3.8, 4) is 5.69 Å². The molecular weight excluding hydrogens is 228 g/mol. The van der Waals surface area contributed by atoms with Gasteiger partial charge in [-0.1, -0.05) is 11.6 Å². The van der Waals surface area contributed by atoms with Gasteiger partial charge in [-0.2, -0.15) is 0 Å². The summed E-state index contributed by atoms with van der Waals surface area (Å²) >= 11 is 5.76. The highest BCUT2D eigenvalue weighted by Gasteiger charge is 2.14. The standard InChI is InChI=1S/C11H9ClN2O2/c12-7-1-3-8(4-2-7)14-6-5-9(13)10(14)11(15)16/h1-6H,13H2,(H,15,16). The lowest BCUT2D eigenvalue weighted by Crippen LogP contribution is -2.08. The lowest BCUT2D eigenvalue weighted by atomic mass is 10.3. The monoisotopic (exact) mass is 236 g/mol. The lowest BCUT2D eigenvalue weighted by Gasteiger charge is -2.06. The second-order valence-electron chi connectivity index (χ2n) is 3.27. The highest BCUT2D eigenvalue weighted by molar-refractivity contribution is 6.30. The first-order valence-electron chi connectivity index (χ1n) is 4.55. The number of rotatable bonds is 2. The Kier molecular flexibility index (Phi) is 2.58. The molecule has 0 aliphatic carbocycles. The van der Waals surface area contributed by atoms with Gasteiger partial charge in [-0.15, -0.1) is 0 Å². The number of hydrogen-bond donors (Lipinski definition) is 2. The summed E-state index contributed by atoms with van der Waals surface area (Å²) in [6, 6.07) is 8.40. The van der Waals surface area contributed by atoms with E-state index in [0.717, 1.165) is 0 Å². The van der Waals surface area contributed by atoms with Crippen LogP contribution in [-0.2, 0) is 0 Å². The number of halogens is 1. The average molecular weight is 237 g/mol. The molecule has 0 saturated heterocycles. The summed E-state index contributed by atoms with van der Waals surface area (Å²) in [4.78, 5) is 11.0. The Labute approximate surface area is 96.9 Å². The van der Waals surface area contributed by atoms with Crippen LogP contribution < -0.4 is 5.73 Å².